The number of benzene rings is 1. The summed E-state index contributed by atoms with van der Waals surface area (Å²) in [4.78, 5) is 39.1. The molecule has 0 saturated heterocycles. The Morgan fingerprint density at radius 2 is 1.87 bits per heavy atom. The van der Waals surface area contributed by atoms with E-state index in [0.717, 1.165) is 41.8 Å². The molecule has 0 unspecified atom stereocenters. The van der Waals surface area contributed by atoms with Crippen molar-refractivity contribution in [3.63, 3.8) is 0 Å². The number of amides is 3. The van der Waals surface area contributed by atoms with Crippen LogP contribution >= 0.6 is 12.6 Å². The molecule has 0 saturated carbocycles. The van der Waals surface area contributed by atoms with Crippen molar-refractivity contribution < 1.29 is 14.4 Å². The first-order valence-corrected chi connectivity index (χ1v) is 13.9. The normalized spacial score (nSPS) is 14.9. The van der Waals surface area contributed by atoms with Crippen LogP contribution < -0.4 is 16.0 Å². The van der Waals surface area contributed by atoms with E-state index in [1.54, 1.807) is 17.9 Å². The van der Waals surface area contributed by atoms with Crippen molar-refractivity contribution in [2.24, 2.45) is 5.92 Å². The van der Waals surface area contributed by atoms with Gasteiger partial charge in [-0.05, 0) is 68.9 Å². The molecule has 1 aromatic carbocycles. The Kier molecular flexibility index (Phi) is 12.4. The molecule has 3 amide bonds. The van der Waals surface area contributed by atoms with E-state index < -0.39 is 6.04 Å². The predicted octanol–water partition coefficient (Wildman–Crippen LogP) is 5.01. The van der Waals surface area contributed by atoms with Gasteiger partial charge in [0.15, 0.2) is 0 Å². The van der Waals surface area contributed by atoms with Crippen LogP contribution in [0.1, 0.15) is 64.5 Å². The molecule has 0 radical (unpaired) electrons. The molecule has 1 aliphatic rings. The van der Waals surface area contributed by atoms with E-state index in [1.807, 2.05) is 52.0 Å². The van der Waals surface area contributed by atoms with Crippen molar-refractivity contribution in [1.82, 2.24) is 15.5 Å². The monoisotopic (exact) mass is 538 g/mol. The van der Waals surface area contributed by atoms with E-state index in [2.05, 4.69) is 40.9 Å². The lowest BCUT2D eigenvalue weighted by molar-refractivity contribution is -0.124. The zero-order valence-electron chi connectivity index (χ0n) is 23.3. The van der Waals surface area contributed by atoms with E-state index in [4.69, 9.17) is 0 Å². The van der Waals surface area contributed by atoms with Gasteiger partial charge in [0, 0.05) is 36.2 Å². The minimum Gasteiger partial charge on any atom is -0.376 e. The van der Waals surface area contributed by atoms with Crippen molar-refractivity contribution >= 4 is 36.0 Å². The molecule has 0 fully saturated rings. The molecule has 8 heteroatoms. The fourth-order valence-corrected chi connectivity index (χ4v) is 4.64. The maximum atomic E-state index is 12.9. The molecule has 38 heavy (non-hydrogen) atoms. The standard InChI is InChI=1S/C30H42N4O3S/c1-7-25-15-16-28(36)34(25)17-11-9-10-12-27(35)33-29(20(3)4)26(8-2)31-22(6)30(37)32-24-14-13-23(19-38)21(5)18-24/h8,13-16,18,20,22,29,31,38H,1,9-12,17,19H2,2-6H3,(H,32,37)(H,33,35)/b26-8+/t22-,29-/m0/s1. The number of hydrogen-bond donors (Lipinski definition) is 4. The molecule has 7 nitrogen and oxygen atoms in total. The molecule has 1 aliphatic heterocycles. The lowest BCUT2D eigenvalue weighted by Gasteiger charge is -2.28. The molecular weight excluding hydrogens is 496 g/mol. The van der Waals surface area contributed by atoms with Crippen molar-refractivity contribution in [3.8, 4) is 0 Å². The second kappa shape index (κ2) is 15.3. The number of rotatable bonds is 14. The van der Waals surface area contributed by atoms with E-state index in [1.165, 1.54) is 6.08 Å². The lowest BCUT2D eigenvalue weighted by Crippen LogP contribution is -2.47. The first-order chi connectivity index (χ1) is 18.1. The quantitative estimate of drug-likeness (QED) is 0.152. The number of carbonyl (C=O) groups is 3. The average Bonchev–Trinajstić information content (AvgIpc) is 3.24. The second-order valence-electron chi connectivity index (χ2n) is 9.88. The molecule has 2 rings (SSSR count). The van der Waals surface area contributed by atoms with Gasteiger partial charge in [0.1, 0.15) is 6.04 Å². The van der Waals surface area contributed by atoms with E-state index in [0.29, 0.717) is 24.4 Å². The number of carbonyl (C=O) groups excluding carboxylic acids is 3. The molecule has 1 aromatic rings. The summed E-state index contributed by atoms with van der Waals surface area (Å²) >= 11 is 4.32. The molecule has 0 aromatic heterocycles. The molecule has 3 N–H and O–H groups in total. The summed E-state index contributed by atoms with van der Waals surface area (Å²) in [5, 5.41) is 9.39. The number of unbranched alkanes of at least 4 members (excludes halogenated alkanes) is 2. The molecule has 1 heterocycles. The third-order valence-electron chi connectivity index (χ3n) is 6.59. The highest BCUT2D eigenvalue weighted by Gasteiger charge is 2.24. The Hall–Kier alpha value is -3.22. The van der Waals surface area contributed by atoms with Gasteiger partial charge in [-0.25, -0.2) is 0 Å². The molecule has 0 bridgehead atoms. The maximum Gasteiger partial charge on any atom is 0.251 e. The van der Waals surface area contributed by atoms with E-state index in [-0.39, 0.29) is 29.7 Å². The average molecular weight is 539 g/mol. The highest BCUT2D eigenvalue weighted by molar-refractivity contribution is 7.79. The van der Waals surface area contributed by atoms with E-state index in [9.17, 15) is 14.4 Å². The first kappa shape index (κ1) is 31.0. The van der Waals surface area contributed by atoms with Gasteiger partial charge in [-0.1, -0.05) is 39.0 Å². The summed E-state index contributed by atoms with van der Waals surface area (Å²) in [5.41, 5.74) is 7.22. The Balaban J connectivity index is 1.84. The van der Waals surface area contributed by atoms with Crippen LogP contribution in [-0.2, 0) is 20.1 Å². The van der Waals surface area contributed by atoms with Crippen molar-refractivity contribution in [1.29, 1.82) is 0 Å². The van der Waals surface area contributed by atoms with Gasteiger partial charge < -0.3 is 20.9 Å². The van der Waals surface area contributed by atoms with Gasteiger partial charge in [-0.15, -0.1) is 5.73 Å². The summed E-state index contributed by atoms with van der Waals surface area (Å²) in [6, 6.07) is 5.05. The highest BCUT2D eigenvalue weighted by Crippen LogP contribution is 2.18. The van der Waals surface area contributed by atoms with Crippen molar-refractivity contribution in [2.75, 3.05) is 11.9 Å². The Bertz CT molecular complexity index is 1120. The van der Waals surface area contributed by atoms with Crippen LogP contribution in [0.5, 0.6) is 0 Å². The number of thiol groups is 1. The Labute approximate surface area is 232 Å². The zero-order valence-corrected chi connectivity index (χ0v) is 24.2. The molecule has 206 valence electrons. The van der Waals surface area contributed by atoms with Crippen LogP contribution in [0, 0.1) is 12.8 Å². The number of allylic oxidation sites excluding steroid dienone is 2. The molecule has 2 atom stereocenters. The topological polar surface area (TPSA) is 90.5 Å². The van der Waals surface area contributed by atoms with Crippen LogP contribution in [0.3, 0.4) is 0 Å². The molecular formula is C30H42N4O3S. The zero-order chi connectivity index (χ0) is 28.2. The maximum absolute atomic E-state index is 12.9. The third-order valence-corrected chi connectivity index (χ3v) is 6.93. The summed E-state index contributed by atoms with van der Waals surface area (Å²) in [6.07, 6.45) is 7.89. The summed E-state index contributed by atoms with van der Waals surface area (Å²) in [5.74, 6) is 0.535. The second-order valence-corrected chi connectivity index (χ2v) is 10.2. The van der Waals surface area contributed by atoms with Crippen LogP contribution in [0.4, 0.5) is 5.69 Å². The SMILES string of the molecule is C=C=C1C=CC(=O)N1CCCCCC(=O)N[C@H](/C(=C\C)N[C@@H](C)C(=O)Nc1ccc(CS)c(C)c1)C(C)C. The number of hydrogen-bond acceptors (Lipinski definition) is 5. The fourth-order valence-electron chi connectivity index (χ4n) is 4.29. The van der Waals surface area contributed by atoms with Crippen molar-refractivity contribution in [2.45, 2.75) is 78.1 Å². The van der Waals surface area contributed by atoms with Gasteiger partial charge in [0.05, 0.1) is 11.7 Å². The Morgan fingerprint density at radius 3 is 2.47 bits per heavy atom. The van der Waals surface area contributed by atoms with Gasteiger partial charge in [0.2, 0.25) is 11.8 Å². The van der Waals surface area contributed by atoms with Gasteiger partial charge in [-0.3, -0.25) is 14.4 Å². The Morgan fingerprint density at radius 1 is 1.13 bits per heavy atom. The van der Waals surface area contributed by atoms with Crippen LogP contribution in [-0.4, -0.2) is 41.2 Å². The lowest BCUT2D eigenvalue weighted by atomic mass is 9.99. The molecule has 0 spiro atoms. The largest absolute Gasteiger partial charge is 0.376 e. The predicted molar refractivity (Wildman–Crippen MR) is 158 cm³/mol. The van der Waals surface area contributed by atoms with Crippen LogP contribution in [0.2, 0.25) is 0 Å². The smallest absolute Gasteiger partial charge is 0.251 e. The highest BCUT2D eigenvalue weighted by atomic mass is 32.1. The summed E-state index contributed by atoms with van der Waals surface area (Å²) in [7, 11) is 0. The minimum atomic E-state index is -0.499. The van der Waals surface area contributed by atoms with Crippen LogP contribution in [0.25, 0.3) is 0 Å². The number of anilines is 1. The van der Waals surface area contributed by atoms with Gasteiger partial charge >= 0.3 is 0 Å². The number of aryl methyl sites for hydroxylation is 1. The first-order valence-electron chi connectivity index (χ1n) is 13.2. The fraction of sp³-hybridized carbons (Fsp3) is 0.467. The molecule has 0 aliphatic carbocycles. The van der Waals surface area contributed by atoms with Crippen molar-refractivity contribution in [3.05, 3.63) is 71.3 Å². The summed E-state index contributed by atoms with van der Waals surface area (Å²) in [6.45, 7) is 14.0. The van der Waals surface area contributed by atoms with Gasteiger partial charge in [-0.2, -0.15) is 12.6 Å². The number of nitrogens with zero attached hydrogens (tertiary/aromatic N) is 1. The van der Waals surface area contributed by atoms with E-state index >= 15 is 0 Å². The van der Waals surface area contributed by atoms with Crippen LogP contribution in [0.15, 0.2) is 60.1 Å². The third kappa shape index (κ3) is 8.96. The minimum absolute atomic E-state index is 0.0349. The summed E-state index contributed by atoms with van der Waals surface area (Å²) < 4.78 is 0. The number of nitrogens with one attached hydrogen (secondary N) is 3. The van der Waals surface area contributed by atoms with Gasteiger partial charge in [0.25, 0.3) is 5.91 Å².